The number of carbonyl (C=O) groups is 1. The van der Waals surface area contributed by atoms with Crippen LogP contribution in [0.15, 0.2) is 35.7 Å². The number of benzene rings is 1. The number of hydrogen-bond donors (Lipinski definition) is 0. The quantitative estimate of drug-likeness (QED) is 0.794. The second-order valence-electron chi connectivity index (χ2n) is 5.45. The fourth-order valence-corrected chi connectivity index (χ4v) is 3.45. The lowest BCUT2D eigenvalue weighted by molar-refractivity contribution is 0.0205. The molecule has 110 valence electrons. The highest BCUT2D eigenvalue weighted by molar-refractivity contribution is 7.09. The van der Waals surface area contributed by atoms with E-state index in [9.17, 15) is 4.79 Å². The third-order valence-electron chi connectivity index (χ3n) is 3.78. The Morgan fingerprint density at radius 2 is 1.95 bits per heavy atom. The van der Waals surface area contributed by atoms with Crippen molar-refractivity contribution in [2.75, 3.05) is 0 Å². The Balaban J connectivity index is 1.60. The van der Waals surface area contributed by atoms with E-state index >= 15 is 0 Å². The highest BCUT2D eigenvalue weighted by atomic mass is 32.1. The zero-order valence-corrected chi connectivity index (χ0v) is 12.8. The fraction of sp³-hybridized carbons (Fsp3) is 0.412. The summed E-state index contributed by atoms with van der Waals surface area (Å²) in [6.07, 6.45) is 6.42. The van der Waals surface area contributed by atoms with Gasteiger partial charge in [0.2, 0.25) is 0 Å². The minimum Gasteiger partial charge on any atom is -0.458 e. The van der Waals surface area contributed by atoms with Gasteiger partial charge in [0, 0.05) is 11.8 Å². The molecule has 3 rings (SSSR count). The van der Waals surface area contributed by atoms with Crippen LogP contribution >= 0.6 is 11.3 Å². The monoisotopic (exact) mass is 301 g/mol. The Hall–Kier alpha value is -1.68. The molecule has 0 saturated heterocycles. The van der Waals surface area contributed by atoms with Crippen LogP contribution in [0, 0.1) is 0 Å². The van der Waals surface area contributed by atoms with Gasteiger partial charge in [0.05, 0.1) is 5.01 Å². The largest absolute Gasteiger partial charge is 0.458 e. The Labute approximate surface area is 129 Å². The van der Waals surface area contributed by atoms with Gasteiger partial charge in [-0.25, -0.2) is 9.78 Å². The van der Waals surface area contributed by atoms with Crippen LogP contribution in [0.3, 0.4) is 0 Å². The van der Waals surface area contributed by atoms with Crippen LogP contribution in [0.5, 0.6) is 0 Å². The summed E-state index contributed by atoms with van der Waals surface area (Å²) in [5.74, 6) is -0.266. The van der Waals surface area contributed by atoms with E-state index in [0.29, 0.717) is 5.69 Å². The van der Waals surface area contributed by atoms with E-state index in [1.807, 2.05) is 23.6 Å². The van der Waals surface area contributed by atoms with Crippen LogP contribution in [0.4, 0.5) is 0 Å². The molecule has 1 aliphatic rings. The Morgan fingerprint density at radius 1 is 1.19 bits per heavy atom. The Bertz CT molecular complexity index is 588. The van der Waals surface area contributed by atoms with Gasteiger partial charge in [-0.1, -0.05) is 36.8 Å². The molecule has 1 aliphatic carbocycles. The second kappa shape index (κ2) is 6.85. The average Bonchev–Trinajstić information content (AvgIpc) is 2.98. The summed E-state index contributed by atoms with van der Waals surface area (Å²) < 4.78 is 5.55. The summed E-state index contributed by atoms with van der Waals surface area (Å²) >= 11 is 1.52. The van der Waals surface area contributed by atoms with E-state index in [2.05, 4.69) is 17.1 Å². The van der Waals surface area contributed by atoms with Gasteiger partial charge < -0.3 is 4.74 Å². The van der Waals surface area contributed by atoms with Crippen molar-refractivity contribution in [3.05, 3.63) is 52.0 Å². The minimum absolute atomic E-state index is 0.0884. The highest BCUT2D eigenvalue weighted by Crippen LogP contribution is 2.22. The van der Waals surface area contributed by atoms with E-state index in [1.54, 1.807) is 0 Å². The van der Waals surface area contributed by atoms with Gasteiger partial charge in [-0.2, -0.15) is 0 Å². The zero-order chi connectivity index (χ0) is 14.5. The van der Waals surface area contributed by atoms with E-state index in [1.165, 1.54) is 23.3 Å². The maximum absolute atomic E-state index is 12.1. The van der Waals surface area contributed by atoms with Crippen molar-refractivity contribution in [3.8, 4) is 0 Å². The summed E-state index contributed by atoms with van der Waals surface area (Å²) in [6, 6.07) is 10.2. The van der Waals surface area contributed by atoms with Crippen LogP contribution in [-0.2, 0) is 11.2 Å². The predicted octanol–water partition coefficient (Wildman–Crippen LogP) is 4.22. The van der Waals surface area contributed by atoms with Gasteiger partial charge in [0.1, 0.15) is 6.10 Å². The molecule has 1 fully saturated rings. The van der Waals surface area contributed by atoms with Crippen molar-refractivity contribution in [1.82, 2.24) is 4.98 Å². The van der Waals surface area contributed by atoms with Gasteiger partial charge in [-0.05, 0) is 31.2 Å². The summed E-state index contributed by atoms with van der Waals surface area (Å²) in [4.78, 5) is 16.5. The molecule has 1 heterocycles. The van der Waals surface area contributed by atoms with Gasteiger partial charge in [-0.15, -0.1) is 11.3 Å². The van der Waals surface area contributed by atoms with Gasteiger partial charge in [-0.3, -0.25) is 0 Å². The lowest BCUT2D eigenvalue weighted by Crippen LogP contribution is -2.21. The Morgan fingerprint density at radius 3 is 2.71 bits per heavy atom. The molecular formula is C17H19NO2S. The van der Waals surface area contributed by atoms with E-state index in [-0.39, 0.29) is 12.1 Å². The maximum Gasteiger partial charge on any atom is 0.358 e. The number of aromatic nitrogens is 1. The smallest absolute Gasteiger partial charge is 0.358 e. The number of thiazole rings is 1. The molecule has 1 aromatic carbocycles. The number of carbonyl (C=O) groups excluding carboxylic acids is 1. The third kappa shape index (κ3) is 3.91. The summed E-state index contributed by atoms with van der Waals surface area (Å²) in [6.45, 7) is 0. The van der Waals surface area contributed by atoms with Crippen LogP contribution in [0.25, 0.3) is 0 Å². The Kier molecular flexibility index (Phi) is 4.65. The SMILES string of the molecule is O=C(OC1CCCCC1)c1csc(Cc2ccccc2)n1. The minimum atomic E-state index is -0.266. The van der Waals surface area contributed by atoms with Crippen molar-refractivity contribution in [2.24, 2.45) is 0 Å². The molecule has 2 aromatic rings. The standard InChI is InChI=1S/C17H19NO2S/c19-17(20-14-9-5-2-6-10-14)15-12-21-16(18-15)11-13-7-3-1-4-8-13/h1,3-4,7-8,12,14H,2,5-6,9-11H2. The molecule has 0 spiro atoms. The number of rotatable bonds is 4. The molecule has 3 nitrogen and oxygen atoms in total. The predicted molar refractivity (Wildman–Crippen MR) is 83.7 cm³/mol. The molecule has 1 aromatic heterocycles. The molecule has 4 heteroatoms. The molecule has 21 heavy (non-hydrogen) atoms. The van der Waals surface area contributed by atoms with Crippen molar-refractivity contribution in [3.63, 3.8) is 0 Å². The number of hydrogen-bond acceptors (Lipinski definition) is 4. The fourth-order valence-electron chi connectivity index (χ4n) is 2.65. The van der Waals surface area contributed by atoms with Gasteiger partial charge in [0.15, 0.2) is 5.69 Å². The topological polar surface area (TPSA) is 39.2 Å². The second-order valence-corrected chi connectivity index (χ2v) is 6.40. The average molecular weight is 301 g/mol. The summed E-state index contributed by atoms with van der Waals surface area (Å²) in [5, 5.41) is 2.76. The highest BCUT2D eigenvalue weighted by Gasteiger charge is 2.20. The van der Waals surface area contributed by atoms with Crippen LogP contribution < -0.4 is 0 Å². The zero-order valence-electron chi connectivity index (χ0n) is 12.0. The van der Waals surface area contributed by atoms with Gasteiger partial charge >= 0.3 is 5.97 Å². The van der Waals surface area contributed by atoms with E-state index in [0.717, 1.165) is 37.1 Å². The number of nitrogens with zero attached hydrogens (tertiary/aromatic N) is 1. The van der Waals surface area contributed by atoms with Crippen LogP contribution in [0.1, 0.15) is 53.2 Å². The molecule has 0 atom stereocenters. The van der Waals surface area contributed by atoms with Crippen molar-refractivity contribution < 1.29 is 9.53 Å². The van der Waals surface area contributed by atoms with E-state index < -0.39 is 0 Å². The first-order valence-corrected chi connectivity index (χ1v) is 8.38. The molecule has 0 aliphatic heterocycles. The third-order valence-corrected chi connectivity index (χ3v) is 4.63. The lowest BCUT2D eigenvalue weighted by atomic mass is 9.98. The molecule has 0 N–H and O–H groups in total. The first-order chi connectivity index (χ1) is 10.3. The van der Waals surface area contributed by atoms with Gasteiger partial charge in [0.25, 0.3) is 0 Å². The molecule has 0 radical (unpaired) electrons. The number of ether oxygens (including phenoxy) is 1. The van der Waals surface area contributed by atoms with Crippen molar-refractivity contribution in [1.29, 1.82) is 0 Å². The number of esters is 1. The molecular weight excluding hydrogens is 282 g/mol. The molecule has 0 unspecified atom stereocenters. The van der Waals surface area contributed by atoms with Crippen LogP contribution in [0.2, 0.25) is 0 Å². The molecule has 1 saturated carbocycles. The normalized spacial score (nSPS) is 15.8. The lowest BCUT2D eigenvalue weighted by Gasteiger charge is -2.21. The molecule has 0 amide bonds. The first-order valence-electron chi connectivity index (χ1n) is 7.50. The van der Waals surface area contributed by atoms with Crippen LogP contribution in [-0.4, -0.2) is 17.1 Å². The van der Waals surface area contributed by atoms with Crippen molar-refractivity contribution in [2.45, 2.75) is 44.6 Å². The first kappa shape index (κ1) is 14.3. The van der Waals surface area contributed by atoms with Crippen molar-refractivity contribution >= 4 is 17.3 Å². The summed E-state index contributed by atoms with van der Waals surface area (Å²) in [5.41, 5.74) is 1.66. The maximum atomic E-state index is 12.1. The molecule has 0 bridgehead atoms. The summed E-state index contributed by atoms with van der Waals surface area (Å²) in [7, 11) is 0. The van der Waals surface area contributed by atoms with E-state index in [4.69, 9.17) is 4.74 Å².